The number of hydrogen-bond acceptors (Lipinski definition) is 4. The van der Waals surface area contributed by atoms with Gasteiger partial charge in [0.2, 0.25) is 0 Å². The van der Waals surface area contributed by atoms with Crippen molar-refractivity contribution >= 4 is 11.9 Å². The third kappa shape index (κ3) is 3.40. The average molecular weight is 471 g/mol. The lowest BCUT2D eigenvalue weighted by atomic mass is 9.46. The van der Waals surface area contributed by atoms with E-state index in [0.29, 0.717) is 11.8 Å². The first-order chi connectivity index (χ1) is 17.1. The van der Waals surface area contributed by atoms with Gasteiger partial charge < -0.3 is 9.47 Å². The van der Waals surface area contributed by atoms with E-state index in [1.54, 1.807) is 0 Å². The Labute approximate surface area is 207 Å². The molecule has 7 rings (SSSR count). The van der Waals surface area contributed by atoms with Crippen LogP contribution in [0.4, 0.5) is 0 Å². The summed E-state index contributed by atoms with van der Waals surface area (Å²) in [6.07, 6.45) is 14.1. The summed E-state index contributed by atoms with van der Waals surface area (Å²) in [5, 5.41) is 0. The summed E-state index contributed by atoms with van der Waals surface area (Å²) in [7, 11) is 0. The molecule has 5 atom stereocenters. The molecule has 0 unspecified atom stereocenters. The number of carbonyl (C=O) groups is 2. The van der Waals surface area contributed by atoms with E-state index in [9.17, 15) is 9.59 Å². The number of ether oxygens (including phenoxy) is 2. The Morgan fingerprint density at radius 1 is 1.09 bits per heavy atom. The van der Waals surface area contributed by atoms with Crippen molar-refractivity contribution in [2.24, 2.45) is 29.1 Å². The lowest BCUT2D eigenvalue weighted by Gasteiger charge is -2.54. The molecule has 1 aromatic carbocycles. The van der Waals surface area contributed by atoms with Crippen molar-refractivity contribution in [2.45, 2.75) is 65.2 Å². The highest BCUT2D eigenvalue weighted by molar-refractivity contribution is 5.99. The number of esters is 2. The van der Waals surface area contributed by atoms with Crippen LogP contribution in [0.3, 0.4) is 0 Å². The summed E-state index contributed by atoms with van der Waals surface area (Å²) in [6, 6.07) is 10.5. The molecule has 6 aliphatic rings. The second-order valence-corrected chi connectivity index (χ2v) is 10.9. The minimum Gasteiger partial charge on any atom is -0.427 e. The van der Waals surface area contributed by atoms with Crippen LogP contribution in [-0.4, -0.2) is 11.9 Å². The Bertz CT molecular complexity index is 1180. The molecule has 1 saturated carbocycles. The summed E-state index contributed by atoms with van der Waals surface area (Å²) < 4.78 is 11.9. The molecule has 0 N–H and O–H groups in total. The summed E-state index contributed by atoms with van der Waals surface area (Å²) >= 11 is 0. The highest BCUT2D eigenvalue weighted by Gasteiger charge is 2.66. The van der Waals surface area contributed by atoms with Crippen molar-refractivity contribution < 1.29 is 19.1 Å². The van der Waals surface area contributed by atoms with Crippen molar-refractivity contribution in [2.75, 3.05) is 0 Å². The van der Waals surface area contributed by atoms with Crippen LogP contribution in [0.5, 0.6) is 0 Å². The van der Waals surface area contributed by atoms with Gasteiger partial charge in [0.25, 0.3) is 0 Å². The van der Waals surface area contributed by atoms with E-state index in [2.05, 4.69) is 56.3 Å². The Morgan fingerprint density at radius 3 is 2.69 bits per heavy atom. The molecule has 2 aliphatic heterocycles. The van der Waals surface area contributed by atoms with Gasteiger partial charge in [0.05, 0.1) is 5.41 Å². The number of cyclic esters (lactones) is 2. The third-order valence-corrected chi connectivity index (χ3v) is 9.06. The molecule has 4 heteroatoms. The van der Waals surface area contributed by atoms with Crippen molar-refractivity contribution in [3.05, 3.63) is 82.4 Å². The van der Waals surface area contributed by atoms with Gasteiger partial charge in [0.15, 0.2) is 0 Å². The summed E-state index contributed by atoms with van der Waals surface area (Å²) in [5.74, 6) is 2.06. The topological polar surface area (TPSA) is 52.6 Å². The molecule has 0 aromatic heterocycles. The van der Waals surface area contributed by atoms with Crippen molar-refractivity contribution in [1.29, 1.82) is 0 Å². The second kappa shape index (κ2) is 8.65. The van der Waals surface area contributed by atoms with Gasteiger partial charge in [-0.05, 0) is 80.4 Å². The highest BCUT2D eigenvalue weighted by atomic mass is 16.5. The number of benzene rings is 1. The highest BCUT2D eigenvalue weighted by Crippen LogP contribution is 2.68. The lowest BCUT2D eigenvalue weighted by Crippen LogP contribution is -2.50. The molecule has 1 aromatic rings. The summed E-state index contributed by atoms with van der Waals surface area (Å²) in [4.78, 5) is 26.5. The molecule has 0 radical (unpaired) electrons. The normalized spacial score (nSPS) is 33.9. The van der Waals surface area contributed by atoms with Crippen LogP contribution in [-0.2, 0) is 25.5 Å². The molecule has 0 amide bonds. The molecule has 2 fully saturated rings. The first kappa shape index (κ1) is 22.6. The average Bonchev–Trinajstić information content (AvgIpc) is 3.36. The third-order valence-electron chi connectivity index (χ3n) is 9.06. The maximum atomic E-state index is 13.3. The minimum absolute atomic E-state index is 0.0306. The zero-order valence-corrected chi connectivity index (χ0v) is 20.7. The number of carbonyl (C=O) groups excluding carboxylic acids is 2. The van der Waals surface area contributed by atoms with E-state index in [1.165, 1.54) is 5.56 Å². The van der Waals surface area contributed by atoms with Crippen LogP contribution in [0.1, 0.15) is 64.4 Å². The Balaban J connectivity index is 1.45. The number of hydrogen-bond donors (Lipinski definition) is 0. The summed E-state index contributed by atoms with van der Waals surface area (Å²) in [5.41, 5.74) is 3.47. The van der Waals surface area contributed by atoms with Crippen LogP contribution < -0.4 is 0 Å². The second-order valence-electron chi connectivity index (χ2n) is 10.9. The SMILES string of the molecule is CCC/C=C1\OC(=O)C2=C1CC[C@H]1[C@@H]3C=C4C(=O)OC(=C[C@H](CC)Cc5ccccc5)[C@]4(CC3)[C@@H]21. The molecular formula is C31H34O4. The van der Waals surface area contributed by atoms with Crippen molar-refractivity contribution in [1.82, 2.24) is 0 Å². The Hall–Kier alpha value is -2.88. The molecule has 1 saturated heterocycles. The molecule has 1 spiro atoms. The fraction of sp³-hybridized carbons (Fsp3) is 0.484. The maximum absolute atomic E-state index is 13.3. The molecule has 4 nitrogen and oxygen atoms in total. The van der Waals surface area contributed by atoms with Gasteiger partial charge in [-0.25, -0.2) is 9.59 Å². The van der Waals surface area contributed by atoms with Crippen LogP contribution >= 0.6 is 0 Å². The number of unbranched alkanes of at least 4 members (excludes halogenated alkanes) is 1. The van der Waals surface area contributed by atoms with Gasteiger partial charge in [0, 0.05) is 22.6 Å². The molecular weight excluding hydrogens is 436 g/mol. The number of fused-ring (bicyclic) bond motifs is 1. The predicted octanol–water partition coefficient (Wildman–Crippen LogP) is 6.60. The fourth-order valence-electron chi connectivity index (χ4n) is 7.43. The number of allylic oxidation sites excluding steroid dienone is 5. The van der Waals surface area contributed by atoms with E-state index in [4.69, 9.17) is 9.47 Å². The molecule has 35 heavy (non-hydrogen) atoms. The predicted molar refractivity (Wildman–Crippen MR) is 134 cm³/mol. The molecule has 182 valence electrons. The lowest BCUT2D eigenvalue weighted by molar-refractivity contribution is -0.135. The molecule has 4 aliphatic carbocycles. The maximum Gasteiger partial charge on any atom is 0.340 e. The molecule has 2 heterocycles. The minimum atomic E-state index is -0.527. The van der Waals surface area contributed by atoms with E-state index < -0.39 is 5.41 Å². The first-order valence-corrected chi connectivity index (χ1v) is 13.4. The van der Waals surface area contributed by atoms with Crippen LogP contribution in [0.2, 0.25) is 0 Å². The quantitative estimate of drug-likeness (QED) is 0.440. The monoisotopic (exact) mass is 470 g/mol. The zero-order valence-electron chi connectivity index (χ0n) is 20.7. The zero-order chi connectivity index (χ0) is 24.2. The van der Waals surface area contributed by atoms with E-state index in [0.717, 1.165) is 79.6 Å². The Morgan fingerprint density at radius 2 is 1.91 bits per heavy atom. The first-order valence-electron chi connectivity index (χ1n) is 13.4. The van der Waals surface area contributed by atoms with Gasteiger partial charge in [0.1, 0.15) is 11.5 Å². The van der Waals surface area contributed by atoms with Gasteiger partial charge in [-0.15, -0.1) is 0 Å². The standard InChI is InChI=1S/C31H34O4/c1-3-5-11-25-23-13-12-22-21-14-15-31(28(22)27(23)30(33)34-25)24(18-21)29(32)35-26(31)17-19(4-2)16-20-9-7-6-8-10-20/h6-11,17-19,21-22,28H,3-5,12-16H2,1-2H3/b25-11-,26-17?/t19-,21+,22+,28-,31-/m1/s1. The van der Waals surface area contributed by atoms with Gasteiger partial charge >= 0.3 is 11.9 Å². The largest absolute Gasteiger partial charge is 0.427 e. The van der Waals surface area contributed by atoms with E-state index in [1.807, 2.05) is 6.07 Å². The smallest absolute Gasteiger partial charge is 0.340 e. The van der Waals surface area contributed by atoms with Crippen LogP contribution in [0, 0.1) is 29.1 Å². The van der Waals surface area contributed by atoms with Crippen molar-refractivity contribution in [3.63, 3.8) is 0 Å². The van der Waals surface area contributed by atoms with E-state index in [-0.39, 0.29) is 23.8 Å². The van der Waals surface area contributed by atoms with Gasteiger partial charge in [-0.2, -0.15) is 0 Å². The Kier molecular flexibility index (Phi) is 5.58. The van der Waals surface area contributed by atoms with E-state index >= 15 is 0 Å². The van der Waals surface area contributed by atoms with Crippen molar-refractivity contribution in [3.8, 4) is 0 Å². The van der Waals surface area contributed by atoms with Gasteiger partial charge in [-0.3, -0.25) is 0 Å². The van der Waals surface area contributed by atoms with Gasteiger partial charge in [-0.1, -0.05) is 56.7 Å². The fourth-order valence-corrected chi connectivity index (χ4v) is 7.43. The molecule has 2 bridgehead atoms. The van der Waals surface area contributed by atoms with Crippen LogP contribution in [0.15, 0.2) is 76.8 Å². The summed E-state index contributed by atoms with van der Waals surface area (Å²) in [6.45, 7) is 4.32. The number of rotatable bonds is 6. The van der Waals surface area contributed by atoms with Crippen LogP contribution in [0.25, 0.3) is 0 Å².